The smallest absolute Gasteiger partial charge is 0.303 e. The standard InChI is InChI=1S/C11H23NO2S/c1-3-15-9-10(2)12-8-6-4-5-7-11(13)14/h10,12H,3-9H2,1-2H3,(H,13,14). The largest absolute Gasteiger partial charge is 0.481 e. The minimum atomic E-state index is -0.685. The lowest BCUT2D eigenvalue weighted by Gasteiger charge is -2.12. The predicted molar refractivity (Wildman–Crippen MR) is 66.6 cm³/mol. The molecule has 2 N–H and O–H groups in total. The van der Waals surface area contributed by atoms with E-state index in [1.165, 1.54) is 5.75 Å². The second kappa shape index (κ2) is 10.3. The summed E-state index contributed by atoms with van der Waals surface area (Å²) in [5.41, 5.74) is 0. The summed E-state index contributed by atoms with van der Waals surface area (Å²) in [7, 11) is 0. The normalized spacial score (nSPS) is 12.7. The minimum absolute atomic E-state index is 0.307. The average molecular weight is 233 g/mol. The number of hydrogen-bond acceptors (Lipinski definition) is 3. The molecule has 15 heavy (non-hydrogen) atoms. The van der Waals surface area contributed by atoms with Crippen LogP contribution in [0.3, 0.4) is 0 Å². The lowest BCUT2D eigenvalue weighted by Crippen LogP contribution is -2.29. The molecule has 0 aliphatic heterocycles. The average Bonchev–Trinajstić information content (AvgIpc) is 2.19. The number of hydrogen-bond donors (Lipinski definition) is 2. The number of carboxylic acid groups (broad SMARTS) is 1. The molecular formula is C11H23NO2S. The molecule has 90 valence electrons. The molecule has 0 aromatic carbocycles. The summed E-state index contributed by atoms with van der Waals surface area (Å²) < 4.78 is 0. The van der Waals surface area contributed by atoms with Crippen molar-refractivity contribution in [1.82, 2.24) is 5.32 Å². The van der Waals surface area contributed by atoms with Gasteiger partial charge < -0.3 is 10.4 Å². The molecule has 0 saturated carbocycles. The maximum atomic E-state index is 10.2. The van der Waals surface area contributed by atoms with Gasteiger partial charge in [0, 0.05) is 18.2 Å². The van der Waals surface area contributed by atoms with E-state index < -0.39 is 5.97 Å². The molecule has 0 radical (unpaired) electrons. The summed E-state index contributed by atoms with van der Waals surface area (Å²) in [5.74, 6) is 1.65. The highest BCUT2D eigenvalue weighted by Crippen LogP contribution is 2.02. The lowest BCUT2D eigenvalue weighted by molar-refractivity contribution is -0.137. The fourth-order valence-electron chi connectivity index (χ4n) is 1.28. The molecule has 4 heteroatoms. The monoisotopic (exact) mass is 233 g/mol. The molecule has 0 rings (SSSR count). The van der Waals surface area contributed by atoms with Crippen LogP contribution in [0.4, 0.5) is 0 Å². The van der Waals surface area contributed by atoms with E-state index >= 15 is 0 Å². The van der Waals surface area contributed by atoms with E-state index in [9.17, 15) is 4.79 Å². The Morgan fingerprint density at radius 2 is 2.13 bits per heavy atom. The fraction of sp³-hybridized carbons (Fsp3) is 0.909. The van der Waals surface area contributed by atoms with Crippen molar-refractivity contribution < 1.29 is 9.90 Å². The number of unbranched alkanes of at least 4 members (excludes halogenated alkanes) is 2. The Morgan fingerprint density at radius 3 is 2.73 bits per heavy atom. The molecule has 0 fully saturated rings. The number of aliphatic carboxylic acids is 1. The van der Waals surface area contributed by atoms with Gasteiger partial charge in [0.2, 0.25) is 0 Å². The van der Waals surface area contributed by atoms with Crippen molar-refractivity contribution in [1.29, 1.82) is 0 Å². The van der Waals surface area contributed by atoms with Gasteiger partial charge in [0.15, 0.2) is 0 Å². The third-order valence-corrected chi connectivity index (χ3v) is 3.28. The van der Waals surface area contributed by atoms with E-state index in [4.69, 9.17) is 5.11 Å². The van der Waals surface area contributed by atoms with E-state index in [-0.39, 0.29) is 0 Å². The summed E-state index contributed by atoms with van der Waals surface area (Å²) in [4.78, 5) is 10.2. The molecule has 1 unspecified atom stereocenters. The number of thioether (sulfide) groups is 1. The Bertz CT molecular complexity index is 165. The Balaban J connectivity index is 3.12. The van der Waals surface area contributed by atoms with Gasteiger partial charge in [0.25, 0.3) is 0 Å². The van der Waals surface area contributed by atoms with Crippen molar-refractivity contribution in [3.63, 3.8) is 0 Å². The maximum Gasteiger partial charge on any atom is 0.303 e. The fourth-order valence-corrected chi connectivity index (χ4v) is 1.99. The SMILES string of the molecule is CCSCC(C)NCCCCCC(=O)O. The molecular weight excluding hydrogens is 210 g/mol. The van der Waals surface area contributed by atoms with Crippen LogP contribution in [0.25, 0.3) is 0 Å². The van der Waals surface area contributed by atoms with Gasteiger partial charge in [-0.2, -0.15) is 11.8 Å². The zero-order chi connectivity index (χ0) is 11.5. The molecule has 0 heterocycles. The third kappa shape index (κ3) is 11.7. The van der Waals surface area contributed by atoms with Crippen LogP contribution in [0.15, 0.2) is 0 Å². The van der Waals surface area contributed by atoms with Crippen LogP contribution in [-0.4, -0.2) is 35.2 Å². The van der Waals surface area contributed by atoms with Crippen LogP contribution < -0.4 is 5.32 Å². The van der Waals surface area contributed by atoms with E-state index in [1.807, 2.05) is 11.8 Å². The second-order valence-electron chi connectivity index (χ2n) is 3.72. The molecule has 1 atom stereocenters. The van der Waals surface area contributed by atoms with Crippen LogP contribution in [0.2, 0.25) is 0 Å². The number of carbonyl (C=O) groups is 1. The summed E-state index contributed by atoms with van der Waals surface area (Å²) in [6.45, 7) is 5.37. The number of carboxylic acids is 1. The van der Waals surface area contributed by atoms with Gasteiger partial charge in [-0.1, -0.05) is 13.3 Å². The van der Waals surface area contributed by atoms with Crippen LogP contribution in [0.1, 0.15) is 39.5 Å². The van der Waals surface area contributed by atoms with Crippen LogP contribution in [0, 0.1) is 0 Å². The van der Waals surface area contributed by atoms with Gasteiger partial charge in [-0.3, -0.25) is 4.79 Å². The first-order valence-electron chi connectivity index (χ1n) is 5.69. The van der Waals surface area contributed by atoms with E-state index in [2.05, 4.69) is 19.2 Å². The van der Waals surface area contributed by atoms with Crippen LogP contribution in [-0.2, 0) is 4.79 Å². The Labute approximate surface area is 97.0 Å². The molecule has 0 spiro atoms. The van der Waals surface area contributed by atoms with E-state index in [1.54, 1.807) is 0 Å². The zero-order valence-corrected chi connectivity index (χ0v) is 10.6. The van der Waals surface area contributed by atoms with Crippen molar-refractivity contribution in [3.05, 3.63) is 0 Å². The van der Waals surface area contributed by atoms with Crippen molar-refractivity contribution >= 4 is 17.7 Å². The first-order chi connectivity index (χ1) is 7.16. The topological polar surface area (TPSA) is 49.3 Å². The highest BCUT2D eigenvalue weighted by atomic mass is 32.2. The van der Waals surface area contributed by atoms with Gasteiger partial charge >= 0.3 is 5.97 Å². The van der Waals surface area contributed by atoms with E-state index in [0.29, 0.717) is 12.5 Å². The van der Waals surface area contributed by atoms with Crippen LogP contribution in [0.5, 0.6) is 0 Å². The molecule has 0 bridgehead atoms. The zero-order valence-electron chi connectivity index (χ0n) is 9.79. The number of rotatable bonds is 10. The third-order valence-electron chi connectivity index (χ3n) is 2.13. The lowest BCUT2D eigenvalue weighted by atomic mass is 10.2. The molecule has 0 amide bonds. The maximum absolute atomic E-state index is 10.2. The molecule has 0 aliphatic carbocycles. The summed E-state index contributed by atoms with van der Waals surface area (Å²) in [6, 6.07) is 0.564. The van der Waals surface area contributed by atoms with Gasteiger partial charge in [0.1, 0.15) is 0 Å². The van der Waals surface area contributed by atoms with Gasteiger partial charge in [-0.05, 0) is 32.1 Å². The molecule has 3 nitrogen and oxygen atoms in total. The number of nitrogens with one attached hydrogen (secondary N) is 1. The molecule has 0 aromatic rings. The summed E-state index contributed by atoms with van der Waals surface area (Å²) >= 11 is 1.95. The summed E-state index contributed by atoms with van der Waals surface area (Å²) in [6.07, 6.45) is 3.19. The molecule has 0 saturated heterocycles. The first kappa shape index (κ1) is 14.8. The molecule has 0 aliphatic rings. The van der Waals surface area contributed by atoms with E-state index in [0.717, 1.165) is 31.6 Å². The highest BCUT2D eigenvalue weighted by Gasteiger charge is 2.00. The van der Waals surface area contributed by atoms with Crippen molar-refractivity contribution in [2.24, 2.45) is 0 Å². The second-order valence-corrected chi connectivity index (χ2v) is 5.04. The molecule has 0 aromatic heterocycles. The minimum Gasteiger partial charge on any atom is -0.481 e. The Hall–Kier alpha value is -0.220. The van der Waals surface area contributed by atoms with Gasteiger partial charge in [0.05, 0.1) is 0 Å². The van der Waals surface area contributed by atoms with Gasteiger partial charge in [-0.15, -0.1) is 0 Å². The Kier molecular flexibility index (Phi) is 10.2. The summed E-state index contributed by atoms with van der Waals surface area (Å²) in [5, 5.41) is 11.9. The van der Waals surface area contributed by atoms with Crippen molar-refractivity contribution in [2.45, 2.75) is 45.6 Å². The Morgan fingerprint density at radius 1 is 1.40 bits per heavy atom. The van der Waals surface area contributed by atoms with Gasteiger partial charge in [-0.25, -0.2) is 0 Å². The van der Waals surface area contributed by atoms with Crippen molar-refractivity contribution in [3.8, 4) is 0 Å². The predicted octanol–water partition coefficient (Wildman–Crippen LogP) is 2.36. The highest BCUT2D eigenvalue weighted by molar-refractivity contribution is 7.99. The first-order valence-corrected chi connectivity index (χ1v) is 6.85. The quantitative estimate of drug-likeness (QED) is 0.569. The van der Waals surface area contributed by atoms with Crippen LogP contribution >= 0.6 is 11.8 Å². The van der Waals surface area contributed by atoms with Crippen molar-refractivity contribution in [2.75, 3.05) is 18.1 Å².